The molecule has 0 saturated heterocycles. The van der Waals surface area contributed by atoms with Crippen LogP contribution in [-0.2, 0) is 18.3 Å². The predicted molar refractivity (Wildman–Crippen MR) is 63.3 cm³/mol. The molecule has 0 amide bonds. The van der Waals surface area contributed by atoms with Crippen LogP contribution in [0.25, 0.3) is 11.0 Å². The van der Waals surface area contributed by atoms with E-state index in [4.69, 9.17) is 0 Å². The number of hydrogen-bond donors (Lipinski definition) is 0. The molecule has 0 radical (unpaired) electrons. The fourth-order valence-electron chi connectivity index (χ4n) is 2.64. The van der Waals surface area contributed by atoms with Crippen LogP contribution >= 0.6 is 0 Å². The number of aryl methyl sites for hydroxylation is 1. The van der Waals surface area contributed by atoms with Crippen LogP contribution < -0.4 is 4.73 Å². The average Bonchev–Trinajstić information content (AvgIpc) is 2.54. The van der Waals surface area contributed by atoms with Gasteiger partial charge in [0.2, 0.25) is 6.33 Å². The maximum absolute atomic E-state index is 11.6. The van der Waals surface area contributed by atoms with Crippen LogP contribution in [0.2, 0.25) is 0 Å². The van der Waals surface area contributed by atoms with E-state index in [1.54, 1.807) is 6.33 Å². The Hall–Kier alpha value is -1.84. The van der Waals surface area contributed by atoms with E-state index in [0.29, 0.717) is 30.1 Å². The molecule has 17 heavy (non-hydrogen) atoms. The summed E-state index contributed by atoms with van der Waals surface area (Å²) >= 11 is 0. The van der Waals surface area contributed by atoms with Crippen molar-refractivity contribution in [2.75, 3.05) is 0 Å². The van der Waals surface area contributed by atoms with Crippen LogP contribution in [0.1, 0.15) is 18.4 Å². The van der Waals surface area contributed by atoms with Crippen LogP contribution in [0.3, 0.4) is 0 Å². The molecule has 1 aromatic carbocycles. The first-order valence-electron chi connectivity index (χ1n) is 5.83. The summed E-state index contributed by atoms with van der Waals surface area (Å²) in [6, 6.07) is 5.79. The fourth-order valence-corrected chi connectivity index (χ4v) is 2.64. The molecule has 1 aliphatic rings. The molecule has 88 valence electrons. The van der Waals surface area contributed by atoms with Crippen LogP contribution in [0.4, 0.5) is 0 Å². The largest absolute Gasteiger partial charge is 0.710 e. The van der Waals surface area contributed by atoms with Crippen molar-refractivity contribution >= 4 is 16.8 Å². The number of nitrogens with zero attached hydrogens (tertiary/aromatic N) is 2. The summed E-state index contributed by atoms with van der Waals surface area (Å²) in [5, 5.41) is 11.6. The average molecular weight is 230 g/mol. The van der Waals surface area contributed by atoms with E-state index < -0.39 is 0 Å². The van der Waals surface area contributed by atoms with Gasteiger partial charge >= 0.3 is 0 Å². The van der Waals surface area contributed by atoms with E-state index >= 15 is 0 Å². The molecule has 0 N–H and O–H groups in total. The maximum Gasteiger partial charge on any atom is 0.247 e. The number of fused-ring (bicyclic) bond motifs is 1. The third kappa shape index (κ3) is 1.60. The number of carbonyl (C=O) groups excluding carboxylic acids is 1. The van der Waals surface area contributed by atoms with Crippen LogP contribution in [-0.4, -0.2) is 10.4 Å². The van der Waals surface area contributed by atoms with Gasteiger partial charge in [-0.1, -0.05) is 12.1 Å². The maximum atomic E-state index is 11.6. The number of Topliss-reactive ketones (excluding diaryl/α,β-unsaturated/α-hetero) is 1. The quantitative estimate of drug-likeness (QED) is 0.577. The summed E-state index contributed by atoms with van der Waals surface area (Å²) in [6.07, 6.45) is 3.82. The molecule has 0 bridgehead atoms. The number of benzene rings is 1. The first-order chi connectivity index (χ1) is 8.15. The third-order valence-electron chi connectivity index (χ3n) is 3.51. The lowest BCUT2D eigenvalue weighted by Gasteiger charge is -2.23. The molecule has 1 fully saturated rings. The third-order valence-corrected chi connectivity index (χ3v) is 3.51. The zero-order chi connectivity index (χ0) is 12.0. The summed E-state index contributed by atoms with van der Waals surface area (Å²) in [4.78, 5) is 11.0. The van der Waals surface area contributed by atoms with Crippen LogP contribution in [0.5, 0.6) is 0 Å². The van der Waals surface area contributed by atoms with Gasteiger partial charge in [-0.25, -0.2) is 9.30 Å². The SMILES string of the molecule is Cn1c[n+]([O-])c2cccc(CC3CC(=O)C3)c21. The number of para-hydroxylation sites is 1. The topological polar surface area (TPSA) is 48.9 Å². The summed E-state index contributed by atoms with van der Waals surface area (Å²) < 4.78 is 2.75. The second-order valence-corrected chi connectivity index (χ2v) is 4.85. The van der Waals surface area contributed by atoms with E-state index in [9.17, 15) is 10.0 Å². The molecule has 1 saturated carbocycles. The molecule has 4 nitrogen and oxygen atoms in total. The summed E-state index contributed by atoms with van der Waals surface area (Å²) in [5.41, 5.74) is 2.86. The number of hydrogen-bond acceptors (Lipinski definition) is 2. The minimum atomic E-state index is 0.355. The van der Waals surface area contributed by atoms with Gasteiger partial charge in [0.05, 0.1) is 7.05 Å². The molecule has 1 heterocycles. The van der Waals surface area contributed by atoms with E-state index in [1.807, 2.05) is 29.8 Å². The lowest BCUT2D eigenvalue weighted by molar-refractivity contribution is -0.577. The number of carbonyl (C=O) groups is 1. The number of aromatic nitrogens is 2. The Labute approximate surface area is 99.1 Å². The molecule has 0 unspecified atom stereocenters. The normalized spacial score (nSPS) is 16.4. The van der Waals surface area contributed by atoms with E-state index in [2.05, 4.69) is 0 Å². The first-order valence-corrected chi connectivity index (χ1v) is 5.83. The first kappa shape index (κ1) is 10.3. The van der Waals surface area contributed by atoms with Gasteiger partial charge in [0.25, 0.3) is 0 Å². The van der Waals surface area contributed by atoms with Gasteiger partial charge in [0, 0.05) is 18.4 Å². The van der Waals surface area contributed by atoms with Crippen molar-refractivity contribution in [3.63, 3.8) is 0 Å². The van der Waals surface area contributed by atoms with Gasteiger partial charge in [0.15, 0.2) is 11.0 Å². The molecule has 1 aromatic heterocycles. The highest BCUT2D eigenvalue weighted by Crippen LogP contribution is 2.29. The fraction of sp³-hybridized carbons (Fsp3) is 0.385. The zero-order valence-electron chi connectivity index (χ0n) is 9.72. The van der Waals surface area contributed by atoms with Crippen molar-refractivity contribution in [3.05, 3.63) is 35.3 Å². The Morgan fingerprint density at radius 2 is 2.24 bits per heavy atom. The Kier molecular flexibility index (Phi) is 2.18. The van der Waals surface area contributed by atoms with Gasteiger partial charge in [-0.05, 0) is 18.4 Å². The van der Waals surface area contributed by atoms with E-state index in [0.717, 1.165) is 22.2 Å². The van der Waals surface area contributed by atoms with E-state index in [1.165, 1.54) is 0 Å². The lowest BCUT2D eigenvalue weighted by atomic mass is 9.79. The van der Waals surface area contributed by atoms with Gasteiger partial charge < -0.3 is 5.21 Å². The smallest absolute Gasteiger partial charge is 0.247 e. The van der Waals surface area contributed by atoms with Gasteiger partial charge in [-0.3, -0.25) is 4.79 Å². The van der Waals surface area contributed by atoms with Crippen molar-refractivity contribution in [2.45, 2.75) is 19.3 Å². The van der Waals surface area contributed by atoms with Crippen LogP contribution in [0.15, 0.2) is 24.5 Å². The van der Waals surface area contributed by atoms with Gasteiger partial charge in [-0.2, -0.15) is 0 Å². The molecule has 0 atom stereocenters. The Morgan fingerprint density at radius 3 is 2.94 bits per heavy atom. The molecular formula is C13H14N2O2. The highest BCUT2D eigenvalue weighted by molar-refractivity contribution is 5.85. The number of ketones is 1. The molecule has 0 aliphatic heterocycles. The van der Waals surface area contributed by atoms with E-state index in [-0.39, 0.29) is 0 Å². The molecule has 0 spiro atoms. The summed E-state index contributed by atoms with van der Waals surface area (Å²) in [5.74, 6) is 0.816. The van der Waals surface area contributed by atoms with Crippen molar-refractivity contribution in [1.29, 1.82) is 0 Å². The van der Waals surface area contributed by atoms with Crippen molar-refractivity contribution < 1.29 is 9.52 Å². The van der Waals surface area contributed by atoms with Crippen molar-refractivity contribution in [1.82, 2.24) is 4.57 Å². The highest BCUT2D eigenvalue weighted by atomic mass is 16.5. The second kappa shape index (κ2) is 3.58. The Bertz CT molecular complexity index is 593. The summed E-state index contributed by atoms with van der Waals surface area (Å²) in [7, 11) is 1.88. The van der Waals surface area contributed by atoms with Gasteiger partial charge in [-0.15, -0.1) is 0 Å². The highest BCUT2D eigenvalue weighted by Gasteiger charge is 2.28. The Morgan fingerprint density at radius 1 is 1.47 bits per heavy atom. The minimum Gasteiger partial charge on any atom is -0.710 e. The minimum absolute atomic E-state index is 0.355. The molecular weight excluding hydrogens is 216 g/mol. The lowest BCUT2D eigenvalue weighted by Crippen LogP contribution is -2.25. The molecule has 4 heteroatoms. The monoisotopic (exact) mass is 230 g/mol. The van der Waals surface area contributed by atoms with Crippen molar-refractivity contribution in [2.24, 2.45) is 13.0 Å². The summed E-state index contributed by atoms with van der Waals surface area (Å²) in [6.45, 7) is 0. The van der Waals surface area contributed by atoms with Crippen molar-refractivity contribution in [3.8, 4) is 0 Å². The number of rotatable bonds is 2. The molecule has 2 aromatic rings. The van der Waals surface area contributed by atoms with Gasteiger partial charge in [0.1, 0.15) is 5.78 Å². The second-order valence-electron chi connectivity index (χ2n) is 4.85. The van der Waals surface area contributed by atoms with Crippen LogP contribution in [0, 0.1) is 11.1 Å². The molecule has 1 aliphatic carbocycles. The predicted octanol–water partition coefficient (Wildman–Crippen LogP) is 1.33. The Balaban J connectivity index is 2.01. The standard InChI is InChI=1S/C13H14N2O2/c1-14-8-15(17)12-4-2-3-10(13(12)14)5-9-6-11(16)7-9/h2-4,8-9H,5-7H2,1H3. The number of imidazole rings is 1. The zero-order valence-corrected chi connectivity index (χ0v) is 9.72. The molecule has 3 rings (SSSR count).